The lowest BCUT2D eigenvalue weighted by atomic mass is 9.80. The summed E-state index contributed by atoms with van der Waals surface area (Å²) < 4.78 is 24.4. The van der Waals surface area contributed by atoms with E-state index in [1.54, 1.807) is 0 Å². The van der Waals surface area contributed by atoms with Crippen LogP contribution >= 0.6 is 0 Å². The average molecular weight is 304 g/mol. The van der Waals surface area contributed by atoms with Crippen molar-refractivity contribution >= 4 is 12.6 Å². The van der Waals surface area contributed by atoms with Gasteiger partial charge in [-0.1, -0.05) is 36.4 Å². The van der Waals surface area contributed by atoms with E-state index in [2.05, 4.69) is 0 Å². The molecule has 0 spiro atoms. The van der Waals surface area contributed by atoms with E-state index in [0.717, 1.165) is 11.6 Å². The standard InChI is InChI=1S/C16H18BFO4/c18-16-11-14(7-8-15(16)17(19)20)22-10-4-9-21-12-13-5-2-1-3-6-13/h1-3,5-8,11,19-20H,4,9-10,12H2. The maximum atomic E-state index is 13.5. The second-order valence-electron chi connectivity index (χ2n) is 4.80. The molecule has 0 aromatic heterocycles. The molecule has 2 N–H and O–H groups in total. The Morgan fingerprint density at radius 3 is 2.45 bits per heavy atom. The summed E-state index contributed by atoms with van der Waals surface area (Å²) in [4.78, 5) is 0. The van der Waals surface area contributed by atoms with Crippen LogP contribution in [-0.2, 0) is 11.3 Å². The SMILES string of the molecule is OB(O)c1ccc(OCCCOCc2ccccc2)cc1F. The van der Waals surface area contributed by atoms with Crippen LogP contribution in [0.2, 0.25) is 0 Å². The van der Waals surface area contributed by atoms with Crippen molar-refractivity contribution in [2.24, 2.45) is 0 Å². The highest BCUT2D eigenvalue weighted by atomic mass is 19.1. The quantitative estimate of drug-likeness (QED) is 0.573. The van der Waals surface area contributed by atoms with Gasteiger partial charge in [0.15, 0.2) is 0 Å². The smallest absolute Gasteiger partial charge is 0.491 e. The van der Waals surface area contributed by atoms with Crippen LogP contribution in [0.5, 0.6) is 5.75 Å². The van der Waals surface area contributed by atoms with E-state index in [-0.39, 0.29) is 5.46 Å². The van der Waals surface area contributed by atoms with Crippen molar-refractivity contribution in [3.63, 3.8) is 0 Å². The fourth-order valence-corrected chi connectivity index (χ4v) is 1.92. The van der Waals surface area contributed by atoms with E-state index in [1.807, 2.05) is 30.3 Å². The first kappa shape index (κ1) is 16.5. The van der Waals surface area contributed by atoms with Crippen LogP contribution in [0.1, 0.15) is 12.0 Å². The number of ether oxygens (including phenoxy) is 2. The maximum Gasteiger partial charge on any atom is 0.491 e. The molecule has 2 aromatic rings. The van der Waals surface area contributed by atoms with Crippen LogP contribution < -0.4 is 10.2 Å². The van der Waals surface area contributed by atoms with Crippen molar-refractivity contribution in [2.75, 3.05) is 13.2 Å². The van der Waals surface area contributed by atoms with Crippen molar-refractivity contribution in [1.82, 2.24) is 0 Å². The van der Waals surface area contributed by atoms with E-state index < -0.39 is 12.9 Å². The molecule has 0 aliphatic rings. The predicted molar refractivity (Wildman–Crippen MR) is 82.4 cm³/mol. The summed E-state index contributed by atoms with van der Waals surface area (Å²) in [6, 6.07) is 13.8. The Balaban J connectivity index is 1.65. The third-order valence-corrected chi connectivity index (χ3v) is 3.06. The average Bonchev–Trinajstić information content (AvgIpc) is 2.51. The zero-order valence-electron chi connectivity index (χ0n) is 12.1. The fraction of sp³-hybridized carbons (Fsp3) is 0.250. The van der Waals surface area contributed by atoms with Crippen LogP contribution in [-0.4, -0.2) is 30.4 Å². The first-order valence-electron chi connectivity index (χ1n) is 7.07. The minimum absolute atomic E-state index is 0.168. The van der Waals surface area contributed by atoms with E-state index >= 15 is 0 Å². The highest BCUT2D eigenvalue weighted by Crippen LogP contribution is 2.11. The molecule has 0 heterocycles. The van der Waals surface area contributed by atoms with E-state index in [9.17, 15) is 4.39 Å². The minimum Gasteiger partial charge on any atom is -0.493 e. The van der Waals surface area contributed by atoms with E-state index in [0.29, 0.717) is 32.0 Å². The highest BCUT2D eigenvalue weighted by molar-refractivity contribution is 6.58. The molecule has 2 aromatic carbocycles. The van der Waals surface area contributed by atoms with Crippen molar-refractivity contribution in [2.45, 2.75) is 13.0 Å². The van der Waals surface area contributed by atoms with Crippen molar-refractivity contribution in [3.8, 4) is 5.75 Å². The van der Waals surface area contributed by atoms with Gasteiger partial charge in [0.25, 0.3) is 0 Å². The Labute approximate surface area is 129 Å². The number of halogens is 1. The fourth-order valence-electron chi connectivity index (χ4n) is 1.92. The lowest BCUT2D eigenvalue weighted by Gasteiger charge is -2.08. The van der Waals surface area contributed by atoms with Gasteiger partial charge in [0.1, 0.15) is 11.6 Å². The number of rotatable bonds is 8. The molecule has 0 atom stereocenters. The first-order valence-corrected chi connectivity index (χ1v) is 7.07. The molecule has 2 rings (SSSR count). The second kappa shape index (κ2) is 8.53. The Bertz CT molecular complexity index is 578. The molecule has 0 amide bonds. The summed E-state index contributed by atoms with van der Waals surface area (Å²) in [6.07, 6.45) is 0.679. The Hall–Kier alpha value is -1.89. The number of hydrogen-bond donors (Lipinski definition) is 2. The molecule has 22 heavy (non-hydrogen) atoms. The summed E-state index contributed by atoms with van der Waals surface area (Å²) in [6.45, 7) is 1.50. The van der Waals surface area contributed by atoms with Gasteiger partial charge < -0.3 is 19.5 Å². The van der Waals surface area contributed by atoms with Gasteiger partial charge in [-0.15, -0.1) is 0 Å². The molecule has 0 bridgehead atoms. The van der Waals surface area contributed by atoms with Crippen LogP contribution in [0.3, 0.4) is 0 Å². The van der Waals surface area contributed by atoms with Gasteiger partial charge in [0, 0.05) is 17.9 Å². The van der Waals surface area contributed by atoms with Gasteiger partial charge in [-0.05, 0) is 11.6 Å². The lowest BCUT2D eigenvalue weighted by molar-refractivity contribution is 0.107. The van der Waals surface area contributed by atoms with Crippen molar-refractivity contribution in [3.05, 3.63) is 59.9 Å². The number of benzene rings is 2. The molecule has 116 valence electrons. The Morgan fingerprint density at radius 2 is 1.77 bits per heavy atom. The van der Waals surface area contributed by atoms with Crippen LogP contribution in [0.25, 0.3) is 0 Å². The Morgan fingerprint density at radius 1 is 1.00 bits per heavy atom. The Kier molecular flexibility index (Phi) is 6.39. The second-order valence-corrected chi connectivity index (χ2v) is 4.80. The van der Waals surface area contributed by atoms with E-state index in [1.165, 1.54) is 12.1 Å². The highest BCUT2D eigenvalue weighted by Gasteiger charge is 2.16. The van der Waals surface area contributed by atoms with Gasteiger partial charge in [0.05, 0.1) is 19.8 Å². The number of hydrogen-bond acceptors (Lipinski definition) is 4. The van der Waals surface area contributed by atoms with Crippen LogP contribution in [0, 0.1) is 5.82 Å². The van der Waals surface area contributed by atoms with Gasteiger partial charge in [-0.2, -0.15) is 0 Å². The molecular formula is C16H18BFO4. The predicted octanol–water partition coefficient (Wildman–Crippen LogP) is 1.49. The lowest BCUT2D eigenvalue weighted by Crippen LogP contribution is -2.32. The summed E-state index contributed by atoms with van der Waals surface area (Å²) in [5.41, 5.74) is 0.946. The molecule has 0 fully saturated rings. The molecule has 0 unspecified atom stereocenters. The summed E-state index contributed by atoms with van der Waals surface area (Å²) in [5, 5.41) is 17.8. The van der Waals surface area contributed by atoms with Gasteiger partial charge >= 0.3 is 7.12 Å². The van der Waals surface area contributed by atoms with Crippen molar-refractivity contribution in [1.29, 1.82) is 0 Å². The maximum absolute atomic E-state index is 13.5. The summed E-state index contributed by atoms with van der Waals surface area (Å²) in [5.74, 6) is -0.349. The van der Waals surface area contributed by atoms with Gasteiger partial charge in [0.2, 0.25) is 0 Å². The molecule has 0 radical (unpaired) electrons. The largest absolute Gasteiger partial charge is 0.493 e. The molecule has 0 aliphatic heterocycles. The zero-order chi connectivity index (χ0) is 15.8. The molecule has 0 aliphatic carbocycles. The normalized spacial score (nSPS) is 10.5. The molecule has 0 saturated carbocycles. The third kappa shape index (κ3) is 5.14. The zero-order valence-corrected chi connectivity index (χ0v) is 12.1. The molecule has 4 nitrogen and oxygen atoms in total. The molecule has 0 saturated heterocycles. The monoisotopic (exact) mass is 304 g/mol. The van der Waals surface area contributed by atoms with Gasteiger partial charge in [-0.25, -0.2) is 4.39 Å². The topological polar surface area (TPSA) is 58.9 Å². The van der Waals surface area contributed by atoms with Gasteiger partial charge in [-0.3, -0.25) is 0 Å². The van der Waals surface area contributed by atoms with Crippen LogP contribution in [0.15, 0.2) is 48.5 Å². The van der Waals surface area contributed by atoms with Crippen LogP contribution in [0.4, 0.5) is 4.39 Å². The minimum atomic E-state index is -1.82. The third-order valence-electron chi connectivity index (χ3n) is 3.06. The summed E-state index contributed by atoms with van der Waals surface area (Å²) >= 11 is 0. The molecular weight excluding hydrogens is 286 g/mol. The molecule has 6 heteroatoms. The van der Waals surface area contributed by atoms with E-state index in [4.69, 9.17) is 19.5 Å². The van der Waals surface area contributed by atoms with Crippen molar-refractivity contribution < 1.29 is 23.9 Å². The summed E-state index contributed by atoms with van der Waals surface area (Å²) in [7, 11) is -1.82. The first-order chi connectivity index (χ1) is 10.7.